The van der Waals surface area contributed by atoms with E-state index >= 15 is 0 Å². The van der Waals surface area contributed by atoms with Gasteiger partial charge in [0, 0.05) is 16.8 Å². The minimum absolute atomic E-state index is 0.0986. The summed E-state index contributed by atoms with van der Waals surface area (Å²) in [5, 5.41) is 3.35. The molecule has 1 N–H and O–H groups in total. The summed E-state index contributed by atoms with van der Waals surface area (Å²) < 4.78 is 6.80. The number of benzene rings is 1. The van der Waals surface area contributed by atoms with Crippen LogP contribution in [0.3, 0.4) is 0 Å². The van der Waals surface area contributed by atoms with Gasteiger partial charge in [0.2, 0.25) is 0 Å². The number of piperidine rings is 1. The molecule has 0 aliphatic carbocycles. The molecule has 116 valence electrons. The number of carbonyl (C=O) groups excluding carboxylic acids is 1. The molecule has 0 unspecified atom stereocenters. The molecule has 1 saturated heterocycles. The largest absolute Gasteiger partial charge is 0.459 e. The van der Waals surface area contributed by atoms with Crippen molar-refractivity contribution in [1.29, 1.82) is 0 Å². The SMILES string of the molecule is CC(C)(OC(=O)CCc1cccc(Br)c1)C1CCNCC1. The second-order valence-electron chi connectivity index (χ2n) is 6.23. The highest BCUT2D eigenvalue weighted by molar-refractivity contribution is 9.10. The summed E-state index contributed by atoms with van der Waals surface area (Å²) in [5.74, 6) is 0.354. The lowest BCUT2D eigenvalue weighted by molar-refractivity contribution is -0.162. The lowest BCUT2D eigenvalue weighted by atomic mass is 9.83. The van der Waals surface area contributed by atoms with E-state index in [0.717, 1.165) is 42.4 Å². The highest BCUT2D eigenvalue weighted by Crippen LogP contribution is 2.29. The third-order valence-corrected chi connectivity index (χ3v) is 4.70. The molecule has 1 aromatic rings. The number of carbonyl (C=O) groups is 1. The van der Waals surface area contributed by atoms with Crippen LogP contribution in [0.25, 0.3) is 0 Å². The standard InChI is InChI=1S/C17H24BrNO2/c1-17(2,14-8-10-19-11-9-14)21-16(20)7-6-13-4-3-5-15(18)12-13/h3-5,12,14,19H,6-11H2,1-2H3. The summed E-state index contributed by atoms with van der Waals surface area (Å²) in [7, 11) is 0. The van der Waals surface area contributed by atoms with E-state index in [-0.39, 0.29) is 11.6 Å². The highest BCUT2D eigenvalue weighted by atomic mass is 79.9. The number of rotatable bonds is 5. The van der Waals surface area contributed by atoms with Gasteiger partial charge in [-0.15, -0.1) is 0 Å². The first-order valence-corrected chi connectivity index (χ1v) is 8.44. The molecule has 1 fully saturated rings. The Labute approximate surface area is 135 Å². The Morgan fingerprint density at radius 1 is 1.38 bits per heavy atom. The van der Waals surface area contributed by atoms with Gasteiger partial charge in [-0.25, -0.2) is 0 Å². The number of ether oxygens (including phenoxy) is 1. The van der Waals surface area contributed by atoms with E-state index in [9.17, 15) is 4.79 Å². The van der Waals surface area contributed by atoms with E-state index in [0.29, 0.717) is 12.3 Å². The number of aryl methyl sites for hydroxylation is 1. The minimum Gasteiger partial charge on any atom is -0.459 e. The van der Waals surface area contributed by atoms with E-state index in [1.54, 1.807) is 0 Å². The van der Waals surface area contributed by atoms with Crippen LogP contribution in [-0.2, 0) is 16.0 Å². The first-order chi connectivity index (χ1) is 9.97. The first-order valence-electron chi connectivity index (χ1n) is 7.64. The predicted octanol–water partition coefficient (Wildman–Crippen LogP) is 3.70. The zero-order valence-corrected chi connectivity index (χ0v) is 14.4. The number of esters is 1. The fourth-order valence-electron chi connectivity index (χ4n) is 2.88. The average molecular weight is 354 g/mol. The molecule has 0 bridgehead atoms. The zero-order valence-electron chi connectivity index (χ0n) is 12.8. The van der Waals surface area contributed by atoms with Crippen LogP contribution in [0.4, 0.5) is 0 Å². The lowest BCUT2D eigenvalue weighted by Gasteiger charge is -2.36. The van der Waals surface area contributed by atoms with Crippen LogP contribution in [0.15, 0.2) is 28.7 Å². The maximum absolute atomic E-state index is 12.1. The van der Waals surface area contributed by atoms with Gasteiger partial charge in [-0.3, -0.25) is 4.79 Å². The molecule has 21 heavy (non-hydrogen) atoms. The maximum Gasteiger partial charge on any atom is 0.306 e. The summed E-state index contributed by atoms with van der Waals surface area (Å²) in [6, 6.07) is 8.06. The third-order valence-electron chi connectivity index (χ3n) is 4.21. The van der Waals surface area contributed by atoms with Crippen LogP contribution < -0.4 is 5.32 Å². The molecule has 0 atom stereocenters. The number of halogens is 1. The Balaban J connectivity index is 1.83. The Bertz CT molecular complexity index is 481. The Morgan fingerprint density at radius 3 is 2.76 bits per heavy atom. The predicted molar refractivity (Wildman–Crippen MR) is 88.2 cm³/mol. The molecule has 0 aromatic heterocycles. The molecule has 0 spiro atoms. The quantitative estimate of drug-likeness (QED) is 0.820. The maximum atomic E-state index is 12.1. The van der Waals surface area contributed by atoms with Crippen LogP contribution >= 0.6 is 15.9 Å². The van der Waals surface area contributed by atoms with Crippen molar-refractivity contribution in [3.05, 3.63) is 34.3 Å². The Morgan fingerprint density at radius 2 is 2.10 bits per heavy atom. The molecule has 1 heterocycles. The summed E-state index contributed by atoms with van der Waals surface area (Å²) in [5.41, 5.74) is 0.789. The normalized spacial score (nSPS) is 16.7. The van der Waals surface area contributed by atoms with Crippen molar-refractivity contribution >= 4 is 21.9 Å². The van der Waals surface area contributed by atoms with Gasteiger partial charge in [0.25, 0.3) is 0 Å². The molecule has 1 aliphatic rings. The topological polar surface area (TPSA) is 38.3 Å². The van der Waals surface area contributed by atoms with Gasteiger partial charge in [-0.05, 0) is 63.9 Å². The first kappa shape index (κ1) is 16.5. The van der Waals surface area contributed by atoms with Gasteiger partial charge in [0.15, 0.2) is 0 Å². The smallest absolute Gasteiger partial charge is 0.306 e. The van der Waals surface area contributed by atoms with Crippen LogP contribution in [-0.4, -0.2) is 24.7 Å². The Kier molecular flexibility index (Phi) is 5.82. The van der Waals surface area contributed by atoms with Crippen LogP contribution in [0.1, 0.15) is 38.7 Å². The zero-order chi connectivity index (χ0) is 15.3. The van der Waals surface area contributed by atoms with Gasteiger partial charge in [-0.2, -0.15) is 0 Å². The molecule has 4 heteroatoms. The van der Waals surface area contributed by atoms with E-state index < -0.39 is 0 Å². The summed E-state index contributed by atoms with van der Waals surface area (Å²) in [4.78, 5) is 12.1. The fraction of sp³-hybridized carbons (Fsp3) is 0.588. The van der Waals surface area contributed by atoms with Crippen molar-refractivity contribution in [2.45, 2.75) is 45.1 Å². The van der Waals surface area contributed by atoms with Crippen molar-refractivity contribution in [3.8, 4) is 0 Å². The van der Waals surface area contributed by atoms with Gasteiger partial charge < -0.3 is 10.1 Å². The van der Waals surface area contributed by atoms with Crippen molar-refractivity contribution in [1.82, 2.24) is 5.32 Å². The monoisotopic (exact) mass is 353 g/mol. The van der Waals surface area contributed by atoms with Gasteiger partial charge in [-0.1, -0.05) is 28.1 Å². The Hall–Kier alpha value is -0.870. The minimum atomic E-state index is -0.365. The average Bonchev–Trinajstić information content (AvgIpc) is 2.46. The van der Waals surface area contributed by atoms with E-state index in [1.807, 2.05) is 38.1 Å². The summed E-state index contributed by atoms with van der Waals surface area (Å²) >= 11 is 3.45. The molecule has 2 rings (SSSR count). The molecule has 0 amide bonds. The van der Waals surface area contributed by atoms with Crippen LogP contribution in [0, 0.1) is 5.92 Å². The third kappa shape index (κ3) is 5.11. The molecule has 0 radical (unpaired) electrons. The number of nitrogens with one attached hydrogen (secondary N) is 1. The van der Waals surface area contributed by atoms with Crippen molar-refractivity contribution in [2.24, 2.45) is 5.92 Å². The molecular formula is C17H24BrNO2. The number of hydrogen-bond acceptors (Lipinski definition) is 3. The fourth-order valence-corrected chi connectivity index (χ4v) is 3.33. The summed E-state index contributed by atoms with van der Waals surface area (Å²) in [6.45, 7) is 6.12. The van der Waals surface area contributed by atoms with Crippen molar-refractivity contribution < 1.29 is 9.53 Å². The van der Waals surface area contributed by atoms with E-state index in [4.69, 9.17) is 4.74 Å². The molecule has 1 aliphatic heterocycles. The molecule has 0 saturated carbocycles. The molecule has 1 aromatic carbocycles. The van der Waals surface area contributed by atoms with Crippen molar-refractivity contribution in [3.63, 3.8) is 0 Å². The second-order valence-corrected chi connectivity index (χ2v) is 7.15. The summed E-state index contributed by atoms with van der Waals surface area (Å²) in [6.07, 6.45) is 3.31. The highest BCUT2D eigenvalue weighted by Gasteiger charge is 2.33. The van der Waals surface area contributed by atoms with Gasteiger partial charge in [0.1, 0.15) is 5.60 Å². The van der Waals surface area contributed by atoms with Gasteiger partial charge >= 0.3 is 5.97 Å². The number of hydrogen-bond donors (Lipinski definition) is 1. The van der Waals surface area contributed by atoms with E-state index in [1.165, 1.54) is 0 Å². The molecular weight excluding hydrogens is 330 g/mol. The molecule has 3 nitrogen and oxygen atoms in total. The van der Waals surface area contributed by atoms with Gasteiger partial charge in [0.05, 0.1) is 0 Å². The van der Waals surface area contributed by atoms with E-state index in [2.05, 4.69) is 21.2 Å². The van der Waals surface area contributed by atoms with Crippen LogP contribution in [0.5, 0.6) is 0 Å². The lowest BCUT2D eigenvalue weighted by Crippen LogP contribution is -2.42. The second kappa shape index (κ2) is 7.41. The van der Waals surface area contributed by atoms with Crippen LogP contribution in [0.2, 0.25) is 0 Å². The van der Waals surface area contributed by atoms with Crippen molar-refractivity contribution in [2.75, 3.05) is 13.1 Å².